The van der Waals surface area contributed by atoms with Crippen molar-refractivity contribution in [2.75, 3.05) is 32.8 Å². The number of rotatable bonds is 1. The number of amides is 2. The largest absolute Gasteiger partial charge is 0.368 e. The zero-order valence-electron chi connectivity index (χ0n) is 11.6. The van der Waals surface area contributed by atoms with Gasteiger partial charge in [0.1, 0.15) is 6.10 Å². The van der Waals surface area contributed by atoms with Crippen molar-refractivity contribution in [2.24, 2.45) is 0 Å². The molecule has 104 valence electrons. The van der Waals surface area contributed by atoms with Crippen LogP contribution in [-0.2, 0) is 14.3 Å². The van der Waals surface area contributed by atoms with Gasteiger partial charge < -0.3 is 14.5 Å². The summed E-state index contributed by atoms with van der Waals surface area (Å²) in [6.45, 7) is 8.83. The van der Waals surface area contributed by atoms with Crippen LogP contribution in [0.4, 0.5) is 0 Å². The number of hydrogen-bond acceptors (Lipinski definition) is 3. The highest BCUT2D eigenvalue weighted by Gasteiger charge is 2.30. The highest BCUT2D eigenvalue weighted by Crippen LogP contribution is 2.15. The first-order chi connectivity index (χ1) is 8.68. The van der Waals surface area contributed by atoms with E-state index in [9.17, 15) is 9.59 Å². The molecule has 2 fully saturated rings. The van der Waals surface area contributed by atoms with Gasteiger partial charge in [0.05, 0.1) is 0 Å². The lowest BCUT2D eigenvalue weighted by Crippen LogP contribution is -2.52. The number of hydrogen-bond donors (Lipinski definition) is 0. The topological polar surface area (TPSA) is 49.9 Å². The van der Waals surface area contributed by atoms with Crippen LogP contribution in [0.25, 0.3) is 0 Å². The van der Waals surface area contributed by atoms with Gasteiger partial charge in [-0.05, 0) is 12.8 Å². The van der Waals surface area contributed by atoms with Crippen LogP contribution >= 0.6 is 0 Å². The van der Waals surface area contributed by atoms with Crippen LogP contribution in [0.2, 0.25) is 0 Å². The monoisotopic (exact) mass is 256 g/mol. The summed E-state index contributed by atoms with van der Waals surface area (Å²) in [7, 11) is 0. The van der Waals surface area contributed by atoms with Gasteiger partial charge in [-0.2, -0.15) is 0 Å². The lowest BCUT2D eigenvalue weighted by molar-refractivity contribution is -0.145. The Morgan fingerprint density at radius 1 is 1.06 bits per heavy atom. The normalized spacial score (nSPS) is 23.4. The molecule has 0 aromatic heterocycles. The van der Waals surface area contributed by atoms with E-state index in [4.69, 9.17) is 4.74 Å². The van der Waals surface area contributed by atoms with Gasteiger partial charge in [-0.3, -0.25) is 9.59 Å². The minimum atomic E-state index is -0.233. The summed E-state index contributed by atoms with van der Waals surface area (Å²) in [6, 6.07) is 0. The molecule has 0 spiro atoms. The Kier molecular flexibility index (Phi) is 6.12. The predicted molar refractivity (Wildman–Crippen MR) is 69.2 cm³/mol. The average Bonchev–Trinajstić information content (AvgIpc) is 2.94. The van der Waals surface area contributed by atoms with Crippen LogP contribution in [-0.4, -0.2) is 60.5 Å². The molecule has 0 aromatic rings. The minimum absolute atomic E-state index is 0.0872. The number of ether oxygens (including phenoxy) is 1. The summed E-state index contributed by atoms with van der Waals surface area (Å²) in [5.74, 6) is 0.185. The smallest absolute Gasteiger partial charge is 0.251 e. The van der Waals surface area contributed by atoms with Gasteiger partial charge in [0.25, 0.3) is 5.91 Å². The van der Waals surface area contributed by atoms with Crippen molar-refractivity contribution in [3.8, 4) is 0 Å². The summed E-state index contributed by atoms with van der Waals surface area (Å²) < 4.78 is 5.37. The van der Waals surface area contributed by atoms with Crippen molar-refractivity contribution in [1.29, 1.82) is 0 Å². The first kappa shape index (κ1) is 15.0. The Labute approximate surface area is 109 Å². The molecule has 1 atom stereocenters. The maximum absolute atomic E-state index is 12.0. The maximum Gasteiger partial charge on any atom is 0.251 e. The van der Waals surface area contributed by atoms with Crippen molar-refractivity contribution in [2.45, 2.75) is 39.7 Å². The van der Waals surface area contributed by atoms with Crippen LogP contribution in [0.3, 0.4) is 0 Å². The van der Waals surface area contributed by atoms with Gasteiger partial charge >= 0.3 is 0 Å². The summed E-state index contributed by atoms with van der Waals surface area (Å²) >= 11 is 0. The lowest BCUT2D eigenvalue weighted by atomic mass is 10.2. The number of carbonyl (C=O) groups is 2. The predicted octanol–water partition coefficient (Wildman–Crippen LogP) is 0.882. The summed E-state index contributed by atoms with van der Waals surface area (Å²) in [6.07, 6.45) is 1.58. The Morgan fingerprint density at radius 2 is 1.61 bits per heavy atom. The minimum Gasteiger partial charge on any atom is -0.368 e. The SMILES string of the molecule is CC.CC(=O)N1CCN(C(=O)C2CCCO2)CC1. The second kappa shape index (κ2) is 7.36. The first-order valence-corrected chi connectivity index (χ1v) is 6.84. The highest BCUT2D eigenvalue weighted by atomic mass is 16.5. The van der Waals surface area contributed by atoms with E-state index >= 15 is 0 Å². The van der Waals surface area contributed by atoms with Crippen molar-refractivity contribution >= 4 is 11.8 Å². The van der Waals surface area contributed by atoms with Crippen LogP contribution in [0.1, 0.15) is 33.6 Å². The molecule has 5 heteroatoms. The van der Waals surface area contributed by atoms with Crippen LogP contribution in [0.15, 0.2) is 0 Å². The van der Waals surface area contributed by atoms with Crippen molar-refractivity contribution in [1.82, 2.24) is 9.80 Å². The quantitative estimate of drug-likeness (QED) is 0.700. The van der Waals surface area contributed by atoms with E-state index in [1.54, 1.807) is 11.8 Å². The molecule has 2 rings (SSSR count). The number of carbonyl (C=O) groups excluding carboxylic acids is 2. The fraction of sp³-hybridized carbons (Fsp3) is 0.846. The van der Waals surface area contributed by atoms with Crippen LogP contribution in [0, 0.1) is 0 Å². The van der Waals surface area contributed by atoms with E-state index in [-0.39, 0.29) is 17.9 Å². The zero-order chi connectivity index (χ0) is 13.5. The van der Waals surface area contributed by atoms with E-state index < -0.39 is 0 Å². The third-order valence-corrected chi connectivity index (χ3v) is 3.24. The fourth-order valence-electron chi connectivity index (χ4n) is 2.22. The molecule has 0 bridgehead atoms. The Bertz CT molecular complexity index is 280. The average molecular weight is 256 g/mol. The molecule has 5 nitrogen and oxygen atoms in total. The van der Waals surface area contributed by atoms with E-state index in [1.807, 2.05) is 18.7 Å². The Balaban J connectivity index is 0.000000771. The number of piperazine rings is 1. The van der Waals surface area contributed by atoms with E-state index in [1.165, 1.54) is 0 Å². The summed E-state index contributed by atoms with van der Waals surface area (Å²) in [4.78, 5) is 26.7. The molecule has 1 unspecified atom stereocenters. The molecule has 0 saturated carbocycles. The molecule has 2 saturated heterocycles. The highest BCUT2D eigenvalue weighted by molar-refractivity contribution is 5.81. The molecule has 2 amide bonds. The molecule has 2 aliphatic rings. The second-order valence-corrected chi connectivity index (χ2v) is 4.33. The molecule has 0 aliphatic carbocycles. The third kappa shape index (κ3) is 3.70. The summed E-state index contributed by atoms with van der Waals surface area (Å²) in [5.41, 5.74) is 0. The molecule has 0 N–H and O–H groups in total. The van der Waals surface area contributed by atoms with Gasteiger partial charge in [0.2, 0.25) is 5.91 Å². The molecular weight excluding hydrogens is 232 g/mol. The Morgan fingerprint density at radius 3 is 2.06 bits per heavy atom. The second-order valence-electron chi connectivity index (χ2n) is 4.33. The number of nitrogens with zero attached hydrogens (tertiary/aromatic N) is 2. The molecule has 0 radical (unpaired) electrons. The third-order valence-electron chi connectivity index (χ3n) is 3.24. The van der Waals surface area contributed by atoms with E-state index in [2.05, 4.69) is 0 Å². The standard InChI is InChI=1S/C11H18N2O3.C2H6/c1-9(14)12-4-6-13(7-5-12)11(15)10-3-2-8-16-10;1-2/h10H,2-8H2,1H3;1-2H3. The van der Waals surface area contributed by atoms with Crippen molar-refractivity contribution < 1.29 is 14.3 Å². The first-order valence-electron chi connectivity index (χ1n) is 6.84. The van der Waals surface area contributed by atoms with Gasteiger partial charge in [0.15, 0.2) is 0 Å². The van der Waals surface area contributed by atoms with Gasteiger partial charge in [0, 0.05) is 39.7 Å². The van der Waals surface area contributed by atoms with Gasteiger partial charge in [-0.25, -0.2) is 0 Å². The van der Waals surface area contributed by atoms with Gasteiger partial charge in [-0.15, -0.1) is 0 Å². The molecule has 0 aromatic carbocycles. The van der Waals surface area contributed by atoms with Crippen LogP contribution < -0.4 is 0 Å². The zero-order valence-corrected chi connectivity index (χ0v) is 11.6. The molecule has 2 aliphatic heterocycles. The molecule has 2 heterocycles. The van der Waals surface area contributed by atoms with Crippen molar-refractivity contribution in [3.63, 3.8) is 0 Å². The van der Waals surface area contributed by atoms with E-state index in [0.29, 0.717) is 32.8 Å². The van der Waals surface area contributed by atoms with Crippen molar-refractivity contribution in [3.05, 3.63) is 0 Å². The summed E-state index contributed by atoms with van der Waals surface area (Å²) in [5, 5.41) is 0. The van der Waals surface area contributed by atoms with Crippen LogP contribution in [0.5, 0.6) is 0 Å². The van der Waals surface area contributed by atoms with E-state index in [0.717, 1.165) is 12.8 Å². The fourth-order valence-corrected chi connectivity index (χ4v) is 2.22. The maximum atomic E-state index is 12.0. The molecule has 18 heavy (non-hydrogen) atoms. The lowest BCUT2D eigenvalue weighted by Gasteiger charge is -2.35. The van der Waals surface area contributed by atoms with Gasteiger partial charge in [-0.1, -0.05) is 13.8 Å². The molecular formula is C13H24N2O3. The Hall–Kier alpha value is -1.10.